The smallest absolute Gasteiger partial charge is 0.228 e. The van der Waals surface area contributed by atoms with Crippen LogP contribution in [0.5, 0.6) is 0 Å². The highest BCUT2D eigenvalue weighted by molar-refractivity contribution is 5.58. The van der Waals surface area contributed by atoms with Crippen LogP contribution in [0, 0.1) is 0 Å². The number of hydrogen-bond acceptors (Lipinski definition) is 9. The first-order valence-corrected chi connectivity index (χ1v) is 11.3. The van der Waals surface area contributed by atoms with E-state index in [4.69, 9.17) is 19.5 Å². The molecule has 1 fully saturated rings. The molecule has 0 unspecified atom stereocenters. The molecule has 0 bridgehead atoms. The maximum absolute atomic E-state index is 5.57. The zero-order valence-corrected chi connectivity index (χ0v) is 18.3. The van der Waals surface area contributed by atoms with Gasteiger partial charge in [0, 0.05) is 70.0 Å². The Kier molecular flexibility index (Phi) is 5.19. The van der Waals surface area contributed by atoms with Crippen molar-refractivity contribution in [2.45, 2.75) is 13.0 Å². The molecule has 0 aliphatic carbocycles. The first-order valence-electron chi connectivity index (χ1n) is 11.3. The molecule has 10 heteroatoms. The highest BCUT2D eigenvalue weighted by atomic mass is 16.3. The Bertz CT molecular complexity index is 1240. The van der Waals surface area contributed by atoms with Crippen molar-refractivity contribution in [3.05, 3.63) is 60.8 Å². The van der Waals surface area contributed by atoms with Gasteiger partial charge in [0.25, 0.3) is 0 Å². The van der Waals surface area contributed by atoms with E-state index in [2.05, 4.69) is 36.8 Å². The van der Waals surface area contributed by atoms with Gasteiger partial charge in [-0.1, -0.05) is 12.2 Å². The molecule has 1 saturated heterocycles. The first kappa shape index (κ1) is 19.9. The fraction of sp³-hybridized carbons (Fsp3) is 0.348. The van der Waals surface area contributed by atoms with Crippen LogP contribution in [0.2, 0.25) is 0 Å². The number of furan rings is 1. The molecule has 0 spiro atoms. The minimum atomic E-state index is 0.578. The zero-order chi connectivity index (χ0) is 22.0. The van der Waals surface area contributed by atoms with Crippen molar-refractivity contribution in [1.82, 2.24) is 34.4 Å². The Morgan fingerprint density at radius 2 is 1.79 bits per heavy atom. The third kappa shape index (κ3) is 3.93. The Hall–Kier alpha value is -3.79. The van der Waals surface area contributed by atoms with Crippen LogP contribution >= 0.6 is 0 Å². The lowest BCUT2D eigenvalue weighted by Gasteiger charge is -2.34. The van der Waals surface area contributed by atoms with Crippen molar-refractivity contribution in [3.63, 3.8) is 0 Å². The van der Waals surface area contributed by atoms with Crippen molar-refractivity contribution in [2.24, 2.45) is 0 Å². The highest BCUT2D eigenvalue weighted by Gasteiger charge is 2.23. The average Bonchev–Trinajstić information content (AvgIpc) is 3.57. The van der Waals surface area contributed by atoms with Crippen molar-refractivity contribution in [1.29, 1.82) is 0 Å². The summed E-state index contributed by atoms with van der Waals surface area (Å²) >= 11 is 0. The van der Waals surface area contributed by atoms with E-state index in [1.54, 1.807) is 18.7 Å². The zero-order valence-electron chi connectivity index (χ0n) is 18.3. The van der Waals surface area contributed by atoms with E-state index in [9.17, 15) is 0 Å². The summed E-state index contributed by atoms with van der Waals surface area (Å²) in [5.74, 6) is 2.84. The number of hydrogen-bond donors (Lipinski definition) is 0. The second kappa shape index (κ2) is 8.62. The third-order valence-corrected chi connectivity index (χ3v) is 6.10. The molecule has 0 N–H and O–H groups in total. The number of piperazine rings is 1. The van der Waals surface area contributed by atoms with Gasteiger partial charge in [-0.3, -0.25) is 4.90 Å². The summed E-state index contributed by atoms with van der Waals surface area (Å²) in [7, 11) is 0. The van der Waals surface area contributed by atoms with E-state index in [1.165, 1.54) is 0 Å². The van der Waals surface area contributed by atoms with Crippen LogP contribution in [0.1, 0.15) is 12.0 Å². The van der Waals surface area contributed by atoms with Crippen molar-refractivity contribution >= 4 is 17.5 Å². The van der Waals surface area contributed by atoms with Gasteiger partial charge in [0.15, 0.2) is 11.4 Å². The van der Waals surface area contributed by atoms with E-state index < -0.39 is 0 Å². The molecule has 0 saturated carbocycles. The SMILES string of the molecule is C1=CCN(c2ncc(CN3CCN(c4ncccn4)CC3)c3nc(-c4ccco4)nn23)CC1. The lowest BCUT2D eigenvalue weighted by atomic mass is 10.2. The summed E-state index contributed by atoms with van der Waals surface area (Å²) < 4.78 is 7.44. The van der Waals surface area contributed by atoms with E-state index in [1.807, 2.05) is 28.9 Å². The summed E-state index contributed by atoms with van der Waals surface area (Å²) in [5.41, 5.74) is 1.88. The van der Waals surface area contributed by atoms with Crippen LogP contribution in [0.25, 0.3) is 17.2 Å². The van der Waals surface area contributed by atoms with Crippen LogP contribution in [0.3, 0.4) is 0 Å². The van der Waals surface area contributed by atoms with Gasteiger partial charge in [-0.15, -0.1) is 5.10 Å². The van der Waals surface area contributed by atoms with Gasteiger partial charge >= 0.3 is 0 Å². The molecule has 0 amide bonds. The van der Waals surface area contributed by atoms with E-state index >= 15 is 0 Å². The van der Waals surface area contributed by atoms with Gasteiger partial charge in [0.1, 0.15) is 0 Å². The molecule has 0 radical (unpaired) electrons. The average molecular weight is 444 g/mol. The maximum Gasteiger partial charge on any atom is 0.228 e. The second-order valence-corrected chi connectivity index (χ2v) is 8.25. The molecule has 10 nitrogen and oxygen atoms in total. The Morgan fingerprint density at radius 3 is 2.55 bits per heavy atom. The second-order valence-electron chi connectivity index (χ2n) is 8.25. The fourth-order valence-corrected chi connectivity index (χ4v) is 4.37. The lowest BCUT2D eigenvalue weighted by Crippen LogP contribution is -2.46. The molecule has 4 aromatic heterocycles. The molecular formula is C23H25N9O. The molecule has 6 heterocycles. The largest absolute Gasteiger partial charge is 0.461 e. The molecule has 2 aliphatic rings. The van der Waals surface area contributed by atoms with Crippen molar-refractivity contribution < 1.29 is 4.42 Å². The molecule has 0 aromatic carbocycles. The van der Waals surface area contributed by atoms with Crippen LogP contribution in [0.15, 0.2) is 59.6 Å². The Morgan fingerprint density at radius 1 is 0.909 bits per heavy atom. The predicted octanol–water partition coefficient (Wildman–Crippen LogP) is 2.26. The first-order chi connectivity index (χ1) is 16.3. The quantitative estimate of drug-likeness (QED) is 0.431. The minimum Gasteiger partial charge on any atom is -0.461 e. The highest BCUT2D eigenvalue weighted by Crippen LogP contribution is 2.24. The minimum absolute atomic E-state index is 0.578. The van der Waals surface area contributed by atoms with Gasteiger partial charge in [-0.25, -0.2) is 19.9 Å². The molecule has 33 heavy (non-hydrogen) atoms. The van der Waals surface area contributed by atoms with Gasteiger partial charge in [0.05, 0.1) is 6.26 Å². The van der Waals surface area contributed by atoms with Crippen molar-refractivity contribution in [3.8, 4) is 11.6 Å². The monoisotopic (exact) mass is 443 g/mol. The number of fused-ring (bicyclic) bond motifs is 1. The topological polar surface area (TPSA) is 91.7 Å². The molecular weight excluding hydrogens is 418 g/mol. The van der Waals surface area contributed by atoms with Crippen LogP contribution < -0.4 is 9.80 Å². The summed E-state index contributed by atoms with van der Waals surface area (Å²) in [6.45, 7) is 6.10. The molecule has 0 atom stereocenters. The van der Waals surface area contributed by atoms with Crippen molar-refractivity contribution in [2.75, 3.05) is 49.1 Å². The van der Waals surface area contributed by atoms with Gasteiger partial charge < -0.3 is 14.2 Å². The van der Waals surface area contributed by atoms with E-state index in [-0.39, 0.29) is 0 Å². The summed E-state index contributed by atoms with van der Waals surface area (Å²) in [5, 5.41) is 4.78. The van der Waals surface area contributed by atoms with Crippen LogP contribution in [-0.4, -0.2) is 73.7 Å². The summed E-state index contributed by atoms with van der Waals surface area (Å²) in [4.78, 5) is 25.3. The van der Waals surface area contributed by atoms with Crippen LogP contribution in [-0.2, 0) is 6.54 Å². The summed E-state index contributed by atoms with van der Waals surface area (Å²) in [6.07, 6.45) is 12.6. The van der Waals surface area contributed by atoms with Gasteiger partial charge in [-0.05, 0) is 24.6 Å². The number of anilines is 2. The molecule has 6 rings (SSSR count). The predicted molar refractivity (Wildman–Crippen MR) is 124 cm³/mol. The van der Waals surface area contributed by atoms with E-state index in [0.29, 0.717) is 11.6 Å². The Balaban J connectivity index is 1.27. The fourth-order valence-electron chi connectivity index (χ4n) is 4.37. The molecule has 2 aliphatic heterocycles. The standard InChI is InChI=1S/C23H25N9O/c1-2-9-31(10-3-1)23-26-16-18(21-27-20(28-32(21)23)19-6-4-15-33-19)17-29-11-13-30(14-12-29)22-24-7-5-8-25-22/h1-2,4-8,15-16H,3,9-14,17H2. The number of rotatable bonds is 5. The van der Waals surface area contributed by atoms with Gasteiger partial charge in [-0.2, -0.15) is 4.52 Å². The lowest BCUT2D eigenvalue weighted by molar-refractivity contribution is 0.249. The Labute approximate surface area is 191 Å². The third-order valence-electron chi connectivity index (χ3n) is 6.10. The van der Waals surface area contributed by atoms with E-state index in [0.717, 1.165) is 75.3 Å². The number of nitrogens with zero attached hydrogens (tertiary/aromatic N) is 9. The van der Waals surface area contributed by atoms with Gasteiger partial charge in [0.2, 0.25) is 17.7 Å². The molecule has 168 valence electrons. The maximum atomic E-state index is 5.57. The normalized spacial score (nSPS) is 17.2. The van der Waals surface area contributed by atoms with Crippen LogP contribution in [0.4, 0.5) is 11.9 Å². The number of aromatic nitrogens is 6. The molecule has 4 aromatic rings. The summed E-state index contributed by atoms with van der Waals surface area (Å²) in [6, 6.07) is 5.58.